The maximum Gasteiger partial charge on any atom is 0.253 e. The number of benzene rings is 2. The number of nitrogens with one attached hydrogen (secondary N) is 1. The van der Waals surface area contributed by atoms with Crippen LogP contribution in [0.5, 0.6) is 5.75 Å². The lowest BCUT2D eigenvalue weighted by molar-refractivity contribution is -0.121. The maximum atomic E-state index is 13.1. The Labute approximate surface area is 189 Å². The molecule has 2 aromatic carbocycles. The number of aromatic nitrogens is 1. The topological polar surface area (TPSA) is 71.5 Å². The van der Waals surface area contributed by atoms with E-state index in [9.17, 15) is 14.0 Å². The molecule has 0 bridgehead atoms. The van der Waals surface area contributed by atoms with Crippen LogP contribution >= 0.6 is 11.3 Å². The molecule has 2 aliphatic heterocycles. The highest BCUT2D eigenvalue weighted by atomic mass is 32.1. The second kappa shape index (κ2) is 8.70. The second-order valence-electron chi connectivity index (χ2n) is 8.05. The summed E-state index contributed by atoms with van der Waals surface area (Å²) in [6, 6.07) is 11.5. The number of carbonyl (C=O) groups excluding carboxylic acids is 2. The average Bonchev–Trinajstić information content (AvgIpc) is 3.48. The van der Waals surface area contributed by atoms with Crippen LogP contribution in [0.25, 0.3) is 11.3 Å². The minimum Gasteiger partial charge on any atom is -0.493 e. The number of amides is 2. The number of fused-ring (bicyclic) bond motifs is 1. The molecule has 0 saturated carbocycles. The van der Waals surface area contributed by atoms with Crippen LogP contribution in [0.1, 0.15) is 28.8 Å². The number of rotatable bonds is 4. The SMILES string of the molecule is O=C(Nc1nc(-c2ccc3c(c2)CCO3)cs1)C1CCCN(C(=O)c2ccc(F)cc2)C1. The Balaban J connectivity index is 1.23. The molecule has 5 rings (SSSR count). The van der Waals surface area contributed by atoms with Crippen molar-refractivity contribution >= 4 is 28.3 Å². The molecule has 6 nitrogen and oxygen atoms in total. The highest BCUT2D eigenvalue weighted by Crippen LogP contribution is 2.32. The van der Waals surface area contributed by atoms with Gasteiger partial charge in [0.1, 0.15) is 11.6 Å². The van der Waals surface area contributed by atoms with Gasteiger partial charge < -0.3 is 15.0 Å². The van der Waals surface area contributed by atoms with E-state index in [-0.39, 0.29) is 23.5 Å². The van der Waals surface area contributed by atoms with Crippen molar-refractivity contribution < 1.29 is 18.7 Å². The first-order valence-electron chi connectivity index (χ1n) is 10.6. The number of nitrogens with zero attached hydrogens (tertiary/aromatic N) is 2. The van der Waals surface area contributed by atoms with Crippen LogP contribution in [0.15, 0.2) is 47.8 Å². The van der Waals surface area contributed by atoms with Crippen LogP contribution in [0, 0.1) is 11.7 Å². The molecule has 1 atom stereocenters. The van der Waals surface area contributed by atoms with E-state index < -0.39 is 0 Å². The minimum absolute atomic E-state index is 0.134. The largest absolute Gasteiger partial charge is 0.493 e. The third kappa shape index (κ3) is 4.23. The monoisotopic (exact) mass is 451 g/mol. The summed E-state index contributed by atoms with van der Waals surface area (Å²) in [5.41, 5.74) is 3.42. The fourth-order valence-electron chi connectivity index (χ4n) is 4.17. The second-order valence-corrected chi connectivity index (χ2v) is 8.90. The Morgan fingerprint density at radius 3 is 2.88 bits per heavy atom. The van der Waals surface area contributed by atoms with Gasteiger partial charge in [-0.1, -0.05) is 0 Å². The first-order chi connectivity index (χ1) is 15.6. The van der Waals surface area contributed by atoms with E-state index in [1.165, 1.54) is 41.2 Å². The highest BCUT2D eigenvalue weighted by molar-refractivity contribution is 7.14. The Morgan fingerprint density at radius 1 is 1.19 bits per heavy atom. The van der Waals surface area contributed by atoms with Crippen LogP contribution in [0.4, 0.5) is 9.52 Å². The van der Waals surface area contributed by atoms with Gasteiger partial charge in [-0.3, -0.25) is 9.59 Å². The summed E-state index contributed by atoms with van der Waals surface area (Å²) in [5.74, 6) is -0.0786. The van der Waals surface area contributed by atoms with Gasteiger partial charge in [-0.05, 0) is 60.9 Å². The molecule has 3 aromatic rings. The molecule has 32 heavy (non-hydrogen) atoms. The van der Waals surface area contributed by atoms with Crippen molar-refractivity contribution in [3.63, 3.8) is 0 Å². The molecule has 1 aromatic heterocycles. The Bertz CT molecular complexity index is 1160. The maximum absolute atomic E-state index is 13.1. The summed E-state index contributed by atoms with van der Waals surface area (Å²) in [5, 5.41) is 5.39. The molecule has 0 aliphatic carbocycles. The molecule has 164 valence electrons. The van der Waals surface area contributed by atoms with Gasteiger partial charge >= 0.3 is 0 Å². The quantitative estimate of drug-likeness (QED) is 0.639. The van der Waals surface area contributed by atoms with Crippen LogP contribution < -0.4 is 10.1 Å². The van der Waals surface area contributed by atoms with Gasteiger partial charge in [0.2, 0.25) is 5.91 Å². The Kier molecular flexibility index (Phi) is 5.61. The molecule has 2 amide bonds. The van der Waals surface area contributed by atoms with Crippen LogP contribution in [0.3, 0.4) is 0 Å². The van der Waals surface area contributed by atoms with E-state index >= 15 is 0 Å². The van der Waals surface area contributed by atoms with Gasteiger partial charge in [-0.2, -0.15) is 0 Å². The third-order valence-electron chi connectivity index (χ3n) is 5.89. The standard InChI is InChI=1S/C24H22FN3O3S/c25-19-6-3-15(4-7-19)23(30)28-10-1-2-18(13-28)22(29)27-24-26-20(14-32-24)16-5-8-21-17(12-16)9-11-31-21/h3-8,12,14,18H,1-2,9-11,13H2,(H,26,27,29). The first-order valence-corrected chi connectivity index (χ1v) is 11.5. The molecule has 1 fully saturated rings. The van der Waals surface area contributed by atoms with Gasteiger partial charge in [0.25, 0.3) is 5.91 Å². The molecule has 2 aliphatic rings. The van der Waals surface area contributed by atoms with Gasteiger partial charge in [0, 0.05) is 36.0 Å². The smallest absolute Gasteiger partial charge is 0.253 e. The van der Waals surface area contributed by atoms with E-state index in [4.69, 9.17) is 4.74 Å². The van der Waals surface area contributed by atoms with Gasteiger partial charge in [-0.15, -0.1) is 11.3 Å². The Hall–Kier alpha value is -3.26. The molecule has 3 heterocycles. The number of likely N-dealkylation sites (tertiary alicyclic amines) is 1. The number of halogens is 1. The average molecular weight is 452 g/mol. The molecule has 8 heteroatoms. The van der Waals surface area contributed by atoms with Crippen LogP contribution in [-0.4, -0.2) is 41.4 Å². The lowest BCUT2D eigenvalue weighted by Crippen LogP contribution is -2.43. The Morgan fingerprint density at radius 2 is 2.03 bits per heavy atom. The first kappa shape index (κ1) is 20.6. The number of hydrogen-bond donors (Lipinski definition) is 1. The summed E-state index contributed by atoms with van der Waals surface area (Å²) < 4.78 is 18.7. The van der Waals surface area contributed by atoms with Crippen molar-refractivity contribution in [2.45, 2.75) is 19.3 Å². The van der Waals surface area contributed by atoms with Crippen molar-refractivity contribution in [3.05, 3.63) is 64.8 Å². The van der Waals surface area contributed by atoms with Crippen molar-refractivity contribution in [2.75, 3.05) is 25.0 Å². The van der Waals surface area contributed by atoms with Crippen molar-refractivity contribution in [2.24, 2.45) is 5.92 Å². The molecule has 1 unspecified atom stereocenters. The lowest BCUT2D eigenvalue weighted by atomic mass is 9.96. The summed E-state index contributed by atoms with van der Waals surface area (Å²) in [7, 11) is 0. The predicted octanol–water partition coefficient (Wildman–Crippen LogP) is 4.38. The van der Waals surface area contributed by atoms with Crippen LogP contribution in [0.2, 0.25) is 0 Å². The van der Waals surface area contributed by atoms with Crippen molar-refractivity contribution in [3.8, 4) is 17.0 Å². The van der Waals surface area contributed by atoms with E-state index in [2.05, 4.69) is 16.4 Å². The summed E-state index contributed by atoms with van der Waals surface area (Å²) in [6.07, 6.45) is 2.35. The van der Waals surface area contributed by atoms with Crippen molar-refractivity contribution in [1.29, 1.82) is 0 Å². The van der Waals surface area contributed by atoms with E-state index in [1.54, 1.807) is 4.90 Å². The molecule has 1 saturated heterocycles. The zero-order valence-corrected chi connectivity index (χ0v) is 18.2. The number of anilines is 1. The number of ether oxygens (including phenoxy) is 1. The fourth-order valence-corrected chi connectivity index (χ4v) is 4.89. The summed E-state index contributed by atoms with van der Waals surface area (Å²) >= 11 is 1.38. The van der Waals surface area contributed by atoms with Crippen molar-refractivity contribution in [1.82, 2.24) is 9.88 Å². The minimum atomic E-state index is -0.381. The zero-order chi connectivity index (χ0) is 22.1. The molecule has 0 spiro atoms. The number of hydrogen-bond acceptors (Lipinski definition) is 5. The van der Waals surface area contributed by atoms with Gasteiger partial charge in [0.05, 0.1) is 18.2 Å². The fraction of sp³-hybridized carbons (Fsp3) is 0.292. The molecule has 0 radical (unpaired) electrons. The zero-order valence-electron chi connectivity index (χ0n) is 17.3. The van der Waals surface area contributed by atoms with E-state index in [0.717, 1.165) is 29.8 Å². The van der Waals surface area contributed by atoms with E-state index in [0.29, 0.717) is 36.8 Å². The van der Waals surface area contributed by atoms with Gasteiger partial charge in [0.15, 0.2) is 5.13 Å². The van der Waals surface area contributed by atoms with Crippen LogP contribution in [-0.2, 0) is 11.2 Å². The van der Waals surface area contributed by atoms with E-state index in [1.807, 2.05) is 17.5 Å². The molecular weight excluding hydrogens is 429 g/mol. The van der Waals surface area contributed by atoms with Gasteiger partial charge in [-0.25, -0.2) is 9.37 Å². The normalized spacial score (nSPS) is 17.5. The number of thiazole rings is 1. The molecule has 1 N–H and O–H groups in total. The predicted molar refractivity (Wildman–Crippen MR) is 120 cm³/mol. The summed E-state index contributed by atoms with van der Waals surface area (Å²) in [4.78, 5) is 31.8. The number of carbonyl (C=O) groups is 2. The highest BCUT2D eigenvalue weighted by Gasteiger charge is 2.29. The third-order valence-corrected chi connectivity index (χ3v) is 6.65. The number of piperidine rings is 1. The summed E-state index contributed by atoms with van der Waals surface area (Å²) in [6.45, 7) is 1.63. The lowest BCUT2D eigenvalue weighted by Gasteiger charge is -2.32. The molecular formula is C24H22FN3O3S.